The Morgan fingerprint density at radius 1 is 1.47 bits per heavy atom. The quantitative estimate of drug-likeness (QED) is 0.813. The lowest BCUT2D eigenvalue weighted by atomic mass is 10.1. The second-order valence-corrected chi connectivity index (χ2v) is 4.32. The zero-order valence-corrected chi connectivity index (χ0v) is 9.94. The zero-order valence-electron chi connectivity index (χ0n) is 9.19. The Bertz CT molecular complexity index is 314. The highest BCUT2D eigenvalue weighted by Crippen LogP contribution is 2.14. The van der Waals surface area contributed by atoms with Crippen molar-refractivity contribution in [1.82, 2.24) is 5.32 Å². The number of nitrogens with one attached hydrogen (secondary N) is 1. The molecule has 0 bridgehead atoms. The molecule has 0 fully saturated rings. The molecule has 1 aromatic rings. The molecule has 1 N–H and O–H groups in total. The summed E-state index contributed by atoms with van der Waals surface area (Å²) in [5.41, 5.74) is 0.630. The highest BCUT2D eigenvalue weighted by atomic mass is 35.5. The van der Waals surface area contributed by atoms with Crippen LogP contribution < -0.4 is 5.32 Å². The van der Waals surface area contributed by atoms with Crippen LogP contribution in [0.4, 0.5) is 4.39 Å². The minimum Gasteiger partial charge on any atom is -0.312 e. The first-order chi connectivity index (χ1) is 7.13. The lowest BCUT2D eigenvalue weighted by molar-refractivity contribution is 0.492. The van der Waals surface area contributed by atoms with Crippen LogP contribution in [-0.4, -0.2) is 6.54 Å². The van der Waals surface area contributed by atoms with E-state index in [0.717, 1.165) is 13.0 Å². The van der Waals surface area contributed by atoms with E-state index in [9.17, 15) is 4.39 Å². The van der Waals surface area contributed by atoms with Gasteiger partial charge in [-0.05, 0) is 30.7 Å². The van der Waals surface area contributed by atoms with Gasteiger partial charge in [0, 0.05) is 17.1 Å². The van der Waals surface area contributed by atoms with Crippen LogP contribution in [0.15, 0.2) is 18.2 Å². The molecule has 1 nitrogen and oxygen atoms in total. The Labute approximate surface area is 95.6 Å². The van der Waals surface area contributed by atoms with Crippen LogP contribution >= 0.6 is 11.6 Å². The maximum Gasteiger partial charge on any atom is 0.127 e. The summed E-state index contributed by atoms with van der Waals surface area (Å²) >= 11 is 5.79. The topological polar surface area (TPSA) is 12.0 Å². The molecule has 0 saturated carbocycles. The first kappa shape index (κ1) is 12.5. The first-order valence-electron chi connectivity index (χ1n) is 5.28. The molecule has 0 aliphatic heterocycles. The Morgan fingerprint density at radius 2 is 2.20 bits per heavy atom. The van der Waals surface area contributed by atoms with E-state index in [-0.39, 0.29) is 5.82 Å². The van der Waals surface area contributed by atoms with E-state index < -0.39 is 0 Å². The van der Waals surface area contributed by atoms with E-state index in [1.165, 1.54) is 6.07 Å². The SMILES string of the molecule is CCC(C)CNCc1cc(Cl)ccc1F. The van der Waals surface area contributed by atoms with Crippen molar-refractivity contribution in [3.8, 4) is 0 Å². The van der Waals surface area contributed by atoms with Crippen LogP contribution in [0.2, 0.25) is 5.02 Å². The summed E-state index contributed by atoms with van der Waals surface area (Å²) in [6.07, 6.45) is 1.13. The van der Waals surface area contributed by atoms with Crippen molar-refractivity contribution in [2.45, 2.75) is 26.8 Å². The summed E-state index contributed by atoms with van der Waals surface area (Å²) in [7, 11) is 0. The highest BCUT2D eigenvalue weighted by Gasteiger charge is 2.03. The molecule has 0 saturated heterocycles. The molecule has 1 unspecified atom stereocenters. The van der Waals surface area contributed by atoms with E-state index in [0.29, 0.717) is 23.0 Å². The predicted molar refractivity (Wildman–Crippen MR) is 62.6 cm³/mol. The van der Waals surface area contributed by atoms with E-state index in [1.807, 2.05) is 0 Å². The van der Waals surface area contributed by atoms with Crippen LogP contribution in [0.5, 0.6) is 0 Å². The second kappa shape index (κ2) is 6.09. The van der Waals surface area contributed by atoms with Gasteiger partial charge in [-0.2, -0.15) is 0 Å². The number of rotatable bonds is 5. The molecule has 1 aromatic carbocycles. The Hall–Kier alpha value is -0.600. The molecule has 3 heteroatoms. The molecule has 1 rings (SSSR count). The van der Waals surface area contributed by atoms with Crippen molar-refractivity contribution < 1.29 is 4.39 Å². The minimum atomic E-state index is -0.198. The molecule has 84 valence electrons. The summed E-state index contributed by atoms with van der Waals surface area (Å²) in [5.74, 6) is 0.420. The first-order valence-corrected chi connectivity index (χ1v) is 5.66. The van der Waals surface area contributed by atoms with Crippen molar-refractivity contribution in [2.75, 3.05) is 6.54 Å². The number of halogens is 2. The molecule has 1 atom stereocenters. The number of hydrogen-bond donors (Lipinski definition) is 1. The Morgan fingerprint density at radius 3 is 2.87 bits per heavy atom. The van der Waals surface area contributed by atoms with Crippen LogP contribution in [0.25, 0.3) is 0 Å². The molecule has 0 heterocycles. The minimum absolute atomic E-state index is 0.198. The molecule has 0 aromatic heterocycles. The number of hydrogen-bond acceptors (Lipinski definition) is 1. The van der Waals surface area contributed by atoms with Gasteiger partial charge in [0.05, 0.1) is 0 Å². The smallest absolute Gasteiger partial charge is 0.127 e. The van der Waals surface area contributed by atoms with Crippen molar-refractivity contribution in [1.29, 1.82) is 0 Å². The molecule has 0 spiro atoms. The molecule has 0 amide bonds. The third-order valence-corrected chi connectivity index (χ3v) is 2.75. The van der Waals surface area contributed by atoms with E-state index in [1.54, 1.807) is 12.1 Å². The van der Waals surface area contributed by atoms with Gasteiger partial charge < -0.3 is 5.32 Å². The molecule has 0 radical (unpaired) electrons. The van der Waals surface area contributed by atoms with Crippen LogP contribution in [0.3, 0.4) is 0 Å². The van der Waals surface area contributed by atoms with Gasteiger partial charge in [0.1, 0.15) is 5.82 Å². The molecule has 0 aliphatic rings. The van der Waals surface area contributed by atoms with Gasteiger partial charge in [0.2, 0.25) is 0 Å². The van der Waals surface area contributed by atoms with Crippen molar-refractivity contribution in [3.63, 3.8) is 0 Å². The van der Waals surface area contributed by atoms with Crippen molar-refractivity contribution in [2.24, 2.45) is 5.92 Å². The Balaban J connectivity index is 2.46. The zero-order chi connectivity index (χ0) is 11.3. The second-order valence-electron chi connectivity index (χ2n) is 3.88. The fourth-order valence-corrected chi connectivity index (χ4v) is 1.47. The summed E-state index contributed by atoms with van der Waals surface area (Å²) in [6, 6.07) is 4.64. The lowest BCUT2D eigenvalue weighted by Gasteiger charge is -2.10. The van der Waals surface area contributed by atoms with Crippen LogP contribution in [0.1, 0.15) is 25.8 Å². The van der Waals surface area contributed by atoms with Crippen molar-refractivity contribution in [3.05, 3.63) is 34.6 Å². The maximum absolute atomic E-state index is 13.3. The molecular formula is C12H17ClFN. The average Bonchev–Trinajstić information content (AvgIpc) is 2.23. The van der Waals surface area contributed by atoms with E-state index in [2.05, 4.69) is 19.2 Å². The predicted octanol–water partition coefficient (Wildman–Crippen LogP) is 3.61. The highest BCUT2D eigenvalue weighted by molar-refractivity contribution is 6.30. The average molecular weight is 230 g/mol. The summed E-state index contributed by atoms with van der Waals surface area (Å²) in [6.45, 7) is 5.76. The Kier molecular flexibility index (Phi) is 5.06. The van der Waals surface area contributed by atoms with Crippen LogP contribution in [-0.2, 0) is 6.54 Å². The summed E-state index contributed by atoms with van der Waals surface area (Å²) in [5, 5.41) is 3.80. The van der Waals surface area contributed by atoms with Gasteiger partial charge in [-0.1, -0.05) is 31.9 Å². The van der Waals surface area contributed by atoms with Gasteiger partial charge in [-0.3, -0.25) is 0 Å². The van der Waals surface area contributed by atoms with Gasteiger partial charge >= 0.3 is 0 Å². The monoisotopic (exact) mass is 229 g/mol. The largest absolute Gasteiger partial charge is 0.312 e. The third kappa shape index (κ3) is 4.18. The standard InChI is InChI=1S/C12H17ClFN/c1-3-9(2)7-15-8-10-6-11(13)4-5-12(10)14/h4-6,9,15H,3,7-8H2,1-2H3. The fraction of sp³-hybridized carbons (Fsp3) is 0.500. The molecule has 15 heavy (non-hydrogen) atoms. The molecule has 0 aliphatic carbocycles. The maximum atomic E-state index is 13.3. The third-order valence-electron chi connectivity index (χ3n) is 2.51. The number of benzene rings is 1. The lowest BCUT2D eigenvalue weighted by Crippen LogP contribution is -2.20. The summed E-state index contributed by atoms with van der Waals surface area (Å²) < 4.78 is 13.3. The van der Waals surface area contributed by atoms with Crippen LogP contribution in [0, 0.1) is 11.7 Å². The van der Waals surface area contributed by atoms with Gasteiger partial charge in [0.25, 0.3) is 0 Å². The fourth-order valence-electron chi connectivity index (χ4n) is 1.28. The molecular weight excluding hydrogens is 213 g/mol. The summed E-state index contributed by atoms with van der Waals surface area (Å²) in [4.78, 5) is 0. The normalized spacial score (nSPS) is 12.8. The van der Waals surface area contributed by atoms with E-state index in [4.69, 9.17) is 11.6 Å². The van der Waals surface area contributed by atoms with Gasteiger partial charge in [-0.25, -0.2) is 4.39 Å². The van der Waals surface area contributed by atoms with Gasteiger partial charge in [-0.15, -0.1) is 0 Å². The van der Waals surface area contributed by atoms with E-state index >= 15 is 0 Å². The van der Waals surface area contributed by atoms with Gasteiger partial charge in [0.15, 0.2) is 0 Å². The van der Waals surface area contributed by atoms with Crippen molar-refractivity contribution >= 4 is 11.6 Å².